The molecule has 1 amide bonds. The van der Waals surface area contributed by atoms with Crippen molar-refractivity contribution in [2.45, 2.75) is 13.0 Å². The largest absolute Gasteiger partial charge is 0.490 e. The molecule has 0 N–H and O–H groups in total. The number of rotatable bonds is 9. The SMILES string of the molecule is CN(C)CCN(Cc1ccccc1)C(=O)CCOc1ccccc1F. The number of ether oxygens (including phenoxy) is 1. The summed E-state index contributed by atoms with van der Waals surface area (Å²) in [5, 5.41) is 0. The molecule has 0 fully saturated rings. The molecule has 2 aromatic carbocycles. The highest BCUT2D eigenvalue weighted by atomic mass is 19.1. The fourth-order valence-electron chi connectivity index (χ4n) is 2.38. The van der Waals surface area contributed by atoms with Crippen LogP contribution in [0, 0.1) is 5.82 Å². The van der Waals surface area contributed by atoms with Gasteiger partial charge in [0.25, 0.3) is 0 Å². The second-order valence-electron chi connectivity index (χ2n) is 6.13. The highest BCUT2D eigenvalue weighted by Crippen LogP contribution is 2.15. The Morgan fingerprint density at radius 3 is 2.36 bits per heavy atom. The molecule has 0 radical (unpaired) electrons. The number of nitrogens with zero attached hydrogens (tertiary/aromatic N) is 2. The minimum Gasteiger partial charge on any atom is -0.490 e. The van der Waals surface area contributed by atoms with E-state index in [1.807, 2.05) is 54.2 Å². The second-order valence-corrected chi connectivity index (χ2v) is 6.13. The summed E-state index contributed by atoms with van der Waals surface area (Å²) in [4.78, 5) is 16.4. The maximum atomic E-state index is 13.5. The van der Waals surface area contributed by atoms with Crippen molar-refractivity contribution in [3.63, 3.8) is 0 Å². The molecule has 0 aliphatic heterocycles. The number of hydrogen-bond acceptors (Lipinski definition) is 3. The van der Waals surface area contributed by atoms with Gasteiger partial charge in [0.05, 0.1) is 13.0 Å². The highest BCUT2D eigenvalue weighted by molar-refractivity contribution is 5.76. The van der Waals surface area contributed by atoms with Gasteiger partial charge in [-0.15, -0.1) is 0 Å². The average molecular weight is 344 g/mol. The summed E-state index contributed by atoms with van der Waals surface area (Å²) in [6.07, 6.45) is 0.217. The summed E-state index contributed by atoms with van der Waals surface area (Å²) in [7, 11) is 3.96. The van der Waals surface area contributed by atoms with E-state index >= 15 is 0 Å². The van der Waals surface area contributed by atoms with Crippen molar-refractivity contribution in [2.75, 3.05) is 33.8 Å². The number of halogens is 1. The Morgan fingerprint density at radius 1 is 1.00 bits per heavy atom. The highest BCUT2D eigenvalue weighted by Gasteiger charge is 2.15. The molecule has 0 heterocycles. The fourth-order valence-corrected chi connectivity index (χ4v) is 2.38. The van der Waals surface area contributed by atoms with Crippen molar-refractivity contribution in [3.05, 3.63) is 66.0 Å². The van der Waals surface area contributed by atoms with Gasteiger partial charge in [0.2, 0.25) is 5.91 Å². The van der Waals surface area contributed by atoms with E-state index in [1.165, 1.54) is 6.07 Å². The fraction of sp³-hybridized carbons (Fsp3) is 0.350. The topological polar surface area (TPSA) is 32.8 Å². The Hall–Kier alpha value is -2.40. The normalized spacial score (nSPS) is 10.7. The minimum absolute atomic E-state index is 0.00189. The lowest BCUT2D eigenvalue weighted by atomic mass is 10.2. The van der Waals surface area contributed by atoms with Crippen molar-refractivity contribution in [2.24, 2.45) is 0 Å². The quantitative estimate of drug-likeness (QED) is 0.700. The molecule has 0 bridgehead atoms. The van der Waals surface area contributed by atoms with E-state index in [0.29, 0.717) is 13.1 Å². The maximum absolute atomic E-state index is 13.5. The Labute approximate surface area is 148 Å². The smallest absolute Gasteiger partial charge is 0.226 e. The van der Waals surface area contributed by atoms with Crippen LogP contribution in [0.4, 0.5) is 4.39 Å². The Balaban J connectivity index is 1.91. The van der Waals surface area contributed by atoms with Gasteiger partial charge in [0.15, 0.2) is 11.6 Å². The van der Waals surface area contributed by atoms with Gasteiger partial charge in [0.1, 0.15) is 0 Å². The van der Waals surface area contributed by atoms with Gasteiger partial charge in [0, 0.05) is 19.6 Å². The standard InChI is InChI=1S/C20H25FN2O2/c1-22(2)13-14-23(16-17-8-4-3-5-9-17)20(24)12-15-25-19-11-7-6-10-18(19)21/h3-11H,12-16H2,1-2H3. The zero-order valence-corrected chi connectivity index (χ0v) is 14.8. The zero-order valence-electron chi connectivity index (χ0n) is 14.8. The number of amides is 1. The zero-order chi connectivity index (χ0) is 18.1. The Bertz CT molecular complexity index is 662. The molecule has 0 aliphatic rings. The molecule has 0 aliphatic carbocycles. The molecule has 0 spiro atoms. The number of carbonyl (C=O) groups is 1. The lowest BCUT2D eigenvalue weighted by Gasteiger charge is -2.24. The van der Waals surface area contributed by atoms with Crippen LogP contribution in [0.25, 0.3) is 0 Å². The number of benzene rings is 2. The number of hydrogen-bond donors (Lipinski definition) is 0. The minimum atomic E-state index is -0.413. The van der Waals surface area contributed by atoms with Gasteiger partial charge in [-0.05, 0) is 31.8 Å². The van der Waals surface area contributed by atoms with Crippen LogP contribution in [0.2, 0.25) is 0 Å². The monoisotopic (exact) mass is 344 g/mol. The van der Waals surface area contributed by atoms with Crippen molar-refractivity contribution < 1.29 is 13.9 Å². The van der Waals surface area contributed by atoms with Crippen molar-refractivity contribution >= 4 is 5.91 Å². The molecule has 25 heavy (non-hydrogen) atoms. The van der Waals surface area contributed by atoms with Gasteiger partial charge in [-0.1, -0.05) is 42.5 Å². The van der Waals surface area contributed by atoms with Gasteiger partial charge in [-0.25, -0.2) is 4.39 Å². The van der Waals surface area contributed by atoms with E-state index in [9.17, 15) is 9.18 Å². The summed E-state index contributed by atoms with van der Waals surface area (Å²) in [5.74, 6) is -0.232. The molecule has 0 aromatic heterocycles. The third kappa shape index (κ3) is 6.55. The predicted octanol–water partition coefficient (Wildman–Crippen LogP) is 3.19. The Kier molecular flexibility index (Phi) is 7.41. The lowest BCUT2D eigenvalue weighted by Crippen LogP contribution is -2.36. The molecule has 0 saturated carbocycles. The number of likely N-dealkylation sites (N-methyl/N-ethyl adjacent to an activating group) is 1. The third-order valence-corrected chi connectivity index (χ3v) is 3.80. The number of carbonyl (C=O) groups excluding carboxylic acids is 1. The molecule has 0 saturated heterocycles. The molecular formula is C20H25FN2O2. The summed E-state index contributed by atoms with van der Waals surface area (Å²) >= 11 is 0. The van der Waals surface area contributed by atoms with E-state index in [4.69, 9.17) is 4.74 Å². The van der Waals surface area contributed by atoms with Crippen LogP contribution < -0.4 is 4.74 Å². The van der Waals surface area contributed by atoms with Crippen LogP contribution in [-0.4, -0.2) is 49.5 Å². The molecule has 5 heteroatoms. The summed E-state index contributed by atoms with van der Waals surface area (Å²) in [5.41, 5.74) is 1.09. The number of para-hydroxylation sites is 1. The first-order chi connectivity index (χ1) is 12.1. The first kappa shape index (κ1) is 18.9. The first-order valence-corrected chi connectivity index (χ1v) is 8.40. The van der Waals surface area contributed by atoms with Gasteiger partial charge in [-0.2, -0.15) is 0 Å². The van der Waals surface area contributed by atoms with E-state index in [2.05, 4.69) is 0 Å². The average Bonchev–Trinajstić information content (AvgIpc) is 2.61. The van der Waals surface area contributed by atoms with E-state index in [1.54, 1.807) is 18.2 Å². The maximum Gasteiger partial charge on any atom is 0.226 e. The predicted molar refractivity (Wildman–Crippen MR) is 96.9 cm³/mol. The van der Waals surface area contributed by atoms with E-state index in [-0.39, 0.29) is 24.7 Å². The van der Waals surface area contributed by atoms with Crippen molar-refractivity contribution in [1.29, 1.82) is 0 Å². The third-order valence-electron chi connectivity index (χ3n) is 3.80. The lowest BCUT2D eigenvalue weighted by molar-refractivity contribution is -0.132. The molecule has 4 nitrogen and oxygen atoms in total. The Morgan fingerprint density at radius 2 is 1.68 bits per heavy atom. The summed E-state index contributed by atoms with van der Waals surface area (Å²) in [6.45, 7) is 2.15. The van der Waals surface area contributed by atoms with Gasteiger partial charge >= 0.3 is 0 Å². The summed E-state index contributed by atoms with van der Waals surface area (Å²) in [6, 6.07) is 16.1. The first-order valence-electron chi connectivity index (χ1n) is 8.40. The van der Waals surface area contributed by atoms with E-state index < -0.39 is 5.82 Å². The van der Waals surface area contributed by atoms with E-state index in [0.717, 1.165) is 12.1 Å². The van der Waals surface area contributed by atoms with Crippen LogP contribution >= 0.6 is 0 Å². The van der Waals surface area contributed by atoms with Crippen molar-refractivity contribution in [3.8, 4) is 5.75 Å². The van der Waals surface area contributed by atoms with Gasteiger partial charge < -0.3 is 14.5 Å². The molecule has 2 rings (SSSR count). The molecule has 0 unspecified atom stereocenters. The van der Waals surface area contributed by atoms with Crippen LogP contribution in [-0.2, 0) is 11.3 Å². The van der Waals surface area contributed by atoms with Crippen LogP contribution in [0.15, 0.2) is 54.6 Å². The van der Waals surface area contributed by atoms with Crippen LogP contribution in [0.1, 0.15) is 12.0 Å². The summed E-state index contributed by atoms with van der Waals surface area (Å²) < 4.78 is 18.9. The molecule has 2 aromatic rings. The molecular weight excluding hydrogens is 319 g/mol. The molecule has 0 atom stereocenters. The van der Waals surface area contributed by atoms with Crippen molar-refractivity contribution in [1.82, 2.24) is 9.80 Å². The van der Waals surface area contributed by atoms with Gasteiger partial charge in [-0.3, -0.25) is 4.79 Å². The second kappa shape index (κ2) is 9.79. The molecule has 134 valence electrons. The van der Waals surface area contributed by atoms with Crippen LogP contribution in [0.5, 0.6) is 5.75 Å². The van der Waals surface area contributed by atoms with Crippen LogP contribution in [0.3, 0.4) is 0 Å².